The minimum Gasteiger partial charge on any atom is -0.381 e. The molecule has 2 saturated heterocycles. The van der Waals surface area contributed by atoms with E-state index in [0.29, 0.717) is 18.2 Å². The van der Waals surface area contributed by atoms with E-state index in [1.165, 1.54) is 4.88 Å². The highest BCUT2D eigenvalue weighted by Crippen LogP contribution is 2.26. The highest BCUT2D eigenvalue weighted by atomic mass is 32.1. The summed E-state index contributed by atoms with van der Waals surface area (Å²) < 4.78 is 11.1. The van der Waals surface area contributed by atoms with Gasteiger partial charge in [-0.05, 0) is 31.2 Å². The second-order valence-electron chi connectivity index (χ2n) is 6.00. The van der Waals surface area contributed by atoms with Crippen LogP contribution in [-0.4, -0.2) is 56.5 Å². The fourth-order valence-corrected chi connectivity index (χ4v) is 4.06. The summed E-state index contributed by atoms with van der Waals surface area (Å²) in [6.07, 6.45) is 2.61. The zero-order valence-electron chi connectivity index (χ0n) is 12.8. The molecular formula is C16H26N2O2S. The molecule has 0 aromatic carbocycles. The van der Waals surface area contributed by atoms with Crippen LogP contribution in [0.2, 0.25) is 0 Å². The molecule has 0 saturated carbocycles. The summed E-state index contributed by atoms with van der Waals surface area (Å²) in [6, 6.07) is 5.51. The van der Waals surface area contributed by atoms with E-state index in [9.17, 15) is 0 Å². The lowest BCUT2D eigenvalue weighted by atomic mass is 10.1. The van der Waals surface area contributed by atoms with Crippen molar-refractivity contribution in [2.45, 2.75) is 38.0 Å². The average Bonchev–Trinajstić information content (AvgIpc) is 3.03. The lowest BCUT2D eigenvalue weighted by molar-refractivity contribution is -0.0347. The van der Waals surface area contributed by atoms with Crippen LogP contribution in [0.1, 0.15) is 30.7 Å². The lowest BCUT2D eigenvalue weighted by Crippen LogP contribution is -2.47. The monoisotopic (exact) mass is 310 g/mol. The number of morpholine rings is 1. The van der Waals surface area contributed by atoms with Gasteiger partial charge in [-0.3, -0.25) is 4.90 Å². The molecule has 0 radical (unpaired) electrons. The molecule has 1 N–H and O–H groups in total. The van der Waals surface area contributed by atoms with Crippen LogP contribution in [0.4, 0.5) is 0 Å². The van der Waals surface area contributed by atoms with Gasteiger partial charge in [-0.15, -0.1) is 11.3 Å². The summed E-state index contributed by atoms with van der Waals surface area (Å²) in [4.78, 5) is 4.04. The van der Waals surface area contributed by atoms with Crippen molar-refractivity contribution in [1.29, 1.82) is 0 Å². The molecule has 0 unspecified atom stereocenters. The van der Waals surface area contributed by atoms with Gasteiger partial charge in [0.15, 0.2) is 0 Å². The third-order valence-corrected chi connectivity index (χ3v) is 5.38. The van der Waals surface area contributed by atoms with E-state index in [2.05, 4.69) is 34.7 Å². The van der Waals surface area contributed by atoms with Gasteiger partial charge in [0.1, 0.15) is 0 Å². The van der Waals surface area contributed by atoms with Gasteiger partial charge in [0.25, 0.3) is 0 Å². The number of rotatable bonds is 5. The summed E-state index contributed by atoms with van der Waals surface area (Å²) in [7, 11) is 0. The molecule has 2 fully saturated rings. The summed E-state index contributed by atoms with van der Waals surface area (Å²) >= 11 is 1.87. The first-order valence-electron chi connectivity index (χ1n) is 8.03. The Morgan fingerprint density at radius 2 is 2.24 bits per heavy atom. The van der Waals surface area contributed by atoms with Gasteiger partial charge >= 0.3 is 0 Å². The second kappa shape index (κ2) is 7.70. The SMILES string of the molecule is C[C@H]1CN([C@@H](CNC2CCOCC2)c2cccs2)CCO1. The Bertz CT molecular complexity index is 406. The third-order valence-electron chi connectivity index (χ3n) is 4.41. The van der Waals surface area contributed by atoms with Crippen molar-refractivity contribution < 1.29 is 9.47 Å². The van der Waals surface area contributed by atoms with Crippen molar-refractivity contribution in [2.75, 3.05) is 39.5 Å². The zero-order valence-corrected chi connectivity index (χ0v) is 13.6. The molecule has 21 heavy (non-hydrogen) atoms. The van der Waals surface area contributed by atoms with Crippen molar-refractivity contribution in [3.63, 3.8) is 0 Å². The van der Waals surface area contributed by atoms with Crippen molar-refractivity contribution in [1.82, 2.24) is 10.2 Å². The van der Waals surface area contributed by atoms with E-state index < -0.39 is 0 Å². The second-order valence-corrected chi connectivity index (χ2v) is 6.98. The number of ether oxygens (including phenoxy) is 2. The molecule has 1 aromatic heterocycles. The number of hydrogen-bond acceptors (Lipinski definition) is 5. The number of nitrogens with one attached hydrogen (secondary N) is 1. The van der Waals surface area contributed by atoms with E-state index in [1.54, 1.807) is 0 Å². The van der Waals surface area contributed by atoms with Crippen LogP contribution in [0.15, 0.2) is 17.5 Å². The quantitative estimate of drug-likeness (QED) is 0.905. The van der Waals surface area contributed by atoms with Gasteiger partial charge in [0, 0.05) is 43.8 Å². The average molecular weight is 310 g/mol. The van der Waals surface area contributed by atoms with E-state index >= 15 is 0 Å². The van der Waals surface area contributed by atoms with Crippen molar-refractivity contribution in [3.05, 3.63) is 22.4 Å². The molecule has 2 atom stereocenters. The van der Waals surface area contributed by atoms with E-state index in [1.807, 2.05) is 11.3 Å². The van der Waals surface area contributed by atoms with E-state index in [-0.39, 0.29) is 0 Å². The number of thiophene rings is 1. The largest absolute Gasteiger partial charge is 0.381 e. The molecule has 0 amide bonds. The summed E-state index contributed by atoms with van der Waals surface area (Å²) in [5.74, 6) is 0. The molecule has 3 rings (SSSR count). The van der Waals surface area contributed by atoms with Gasteiger partial charge in [-0.25, -0.2) is 0 Å². The smallest absolute Gasteiger partial charge is 0.0674 e. The number of hydrogen-bond donors (Lipinski definition) is 1. The Kier molecular flexibility index (Phi) is 5.66. The van der Waals surface area contributed by atoms with Gasteiger partial charge in [-0.1, -0.05) is 6.07 Å². The zero-order chi connectivity index (χ0) is 14.5. The molecule has 2 aliphatic rings. The van der Waals surface area contributed by atoms with Crippen LogP contribution in [-0.2, 0) is 9.47 Å². The maximum Gasteiger partial charge on any atom is 0.0674 e. The van der Waals surface area contributed by atoms with Gasteiger partial charge in [-0.2, -0.15) is 0 Å². The molecule has 5 heteroatoms. The van der Waals surface area contributed by atoms with Crippen LogP contribution in [0.25, 0.3) is 0 Å². The molecule has 2 aliphatic heterocycles. The van der Waals surface area contributed by atoms with E-state index in [0.717, 1.165) is 52.3 Å². The fraction of sp³-hybridized carbons (Fsp3) is 0.750. The van der Waals surface area contributed by atoms with Crippen LogP contribution < -0.4 is 5.32 Å². The van der Waals surface area contributed by atoms with Gasteiger partial charge < -0.3 is 14.8 Å². The Labute approximate surface area is 131 Å². The Hall–Kier alpha value is -0.460. The molecule has 0 spiro atoms. The Morgan fingerprint density at radius 1 is 1.38 bits per heavy atom. The lowest BCUT2D eigenvalue weighted by Gasteiger charge is -2.38. The fourth-order valence-electron chi connectivity index (χ4n) is 3.20. The summed E-state index contributed by atoms with van der Waals surface area (Å²) in [6.45, 7) is 7.90. The molecule has 118 valence electrons. The van der Waals surface area contributed by atoms with Gasteiger partial charge in [0.2, 0.25) is 0 Å². The minimum atomic E-state index is 0.337. The van der Waals surface area contributed by atoms with Crippen LogP contribution in [0, 0.1) is 0 Å². The Morgan fingerprint density at radius 3 is 2.95 bits per heavy atom. The van der Waals surface area contributed by atoms with Crippen LogP contribution in [0.5, 0.6) is 0 Å². The van der Waals surface area contributed by atoms with Crippen LogP contribution in [0.3, 0.4) is 0 Å². The molecule has 1 aromatic rings. The molecular weight excluding hydrogens is 284 g/mol. The highest BCUT2D eigenvalue weighted by molar-refractivity contribution is 7.10. The Balaban J connectivity index is 1.61. The maximum absolute atomic E-state index is 5.69. The maximum atomic E-state index is 5.69. The first kappa shape index (κ1) is 15.4. The summed E-state index contributed by atoms with van der Waals surface area (Å²) in [5, 5.41) is 5.95. The summed E-state index contributed by atoms with van der Waals surface area (Å²) in [5.41, 5.74) is 0. The van der Waals surface area contributed by atoms with Gasteiger partial charge in [0.05, 0.1) is 18.8 Å². The van der Waals surface area contributed by atoms with Crippen molar-refractivity contribution >= 4 is 11.3 Å². The molecule has 3 heterocycles. The first-order chi connectivity index (χ1) is 10.3. The molecule has 0 bridgehead atoms. The van der Waals surface area contributed by atoms with Crippen molar-refractivity contribution in [2.24, 2.45) is 0 Å². The molecule has 0 aliphatic carbocycles. The minimum absolute atomic E-state index is 0.337. The standard InChI is InChI=1S/C16H26N2O2S/c1-13-12-18(6-9-20-13)15(16-3-2-10-21-16)11-17-14-4-7-19-8-5-14/h2-3,10,13-15,17H,4-9,11-12H2,1H3/t13-,15-/m0/s1. The van der Waals surface area contributed by atoms with E-state index in [4.69, 9.17) is 9.47 Å². The highest BCUT2D eigenvalue weighted by Gasteiger charge is 2.27. The predicted molar refractivity (Wildman–Crippen MR) is 85.9 cm³/mol. The number of nitrogens with zero attached hydrogens (tertiary/aromatic N) is 1. The normalized spacial score (nSPS) is 26.8. The predicted octanol–water partition coefficient (Wildman–Crippen LogP) is 2.28. The third kappa shape index (κ3) is 4.27. The molecule has 4 nitrogen and oxygen atoms in total. The van der Waals surface area contributed by atoms with Crippen molar-refractivity contribution in [3.8, 4) is 0 Å². The first-order valence-corrected chi connectivity index (χ1v) is 8.91. The van der Waals surface area contributed by atoms with Crippen LogP contribution >= 0.6 is 11.3 Å². The topological polar surface area (TPSA) is 33.7 Å².